The number of rotatable bonds is 5. The molecule has 4 rings (SSSR count). The predicted octanol–water partition coefficient (Wildman–Crippen LogP) is 3.16. The quantitative estimate of drug-likeness (QED) is 0.628. The molecule has 2 aliphatic rings. The molecule has 0 spiro atoms. The Bertz CT molecular complexity index is 734. The summed E-state index contributed by atoms with van der Waals surface area (Å²) < 4.78 is 2.04. The van der Waals surface area contributed by atoms with Gasteiger partial charge < -0.3 is 4.57 Å². The number of benzene rings is 1. The van der Waals surface area contributed by atoms with Gasteiger partial charge in [-0.05, 0) is 49.3 Å². The zero-order valence-electron chi connectivity index (χ0n) is 12.7. The fraction of sp³-hybridized carbons (Fsp3) is 0.471. The highest BCUT2D eigenvalue weighted by molar-refractivity contribution is 7.99. The summed E-state index contributed by atoms with van der Waals surface area (Å²) in [7, 11) is 2.00. The minimum absolute atomic E-state index is 0.177. The van der Waals surface area contributed by atoms with Crippen molar-refractivity contribution in [3.63, 3.8) is 0 Å². The Morgan fingerprint density at radius 2 is 2.09 bits per heavy atom. The summed E-state index contributed by atoms with van der Waals surface area (Å²) in [5.41, 5.74) is 3.59. The Hall–Kier alpha value is -1.62. The van der Waals surface area contributed by atoms with Gasteiger partial charge in [-0.1, -0.05) is 23.9 Å². The van der Waals surface area contributed by atoms with Crippen LogP contribution in [0.15, 0.2) is 23.4 Å². The molecule has 114 valence electrons. The topological polar surface area (TPSA) is 47.8 Å². The minimum atomic E-state index is 0.177. The van der Waals surface area contributed by atoms with E-state index >= 15 is 0 Å². The molecule has 0 saturated heterocycles. The molecule has 0 amide bonds. The van der Waals surface area contributed by atoms with Crippen LogP contribution in [-0.4, -0.2) is 26.3 Å². The van der Waals surface area contributed by atoms with Crippen LogP contribution in [0.3, 0.4) is 0 Å². The van der Waals surface area contributed by atoms with Crippen molar-refractivity contribution in [2.45, 2.75) is 43.2 Å². The SMILES string of the molecule is Cn1c(SCC(=O)c2ccc3c(c2)CCC3)nnc1C1CC1. The van der Waals surface area contributed by atoms with Crippen molar-refractivity contribution in [1.82, 2.24) is 14.8 Å². The van der Waals surface area contributed by atoms with Gasteiger partial charge in [-0.2, -0.15) is 0 Å². The molecule has 0 aliphatic heterocycles. The van der Waals surface area contributed by atoms with Gasteiger partial charge in [-0.3, -0.25) is 4.79 Å². The molecule has 1 saturated carbocycles. The van der Waals surface area contributed by atoms with Crippen molar-refractivity contribution >= 4 is 17.5 Å². The van der Waals surface area contributed by atoms with E-state index in [1.165, 1.54) is 42.2 Å². The molecule has 1 aromatic heterocycles. The minimum Gasteiger partial charge on any atom is -0.309 e. The van der Waals surface area contributed by atoms with Crippen LogP contribution in [-0.2, 0) is 19.9 Å². The van der Waals surface area contributed by atoms with Crippen LogP contribution in [0.25, 0.3) is 0 Å². The number of hydrogen-bond donors (Lipinski definition) is 0. The summed E-state index contributed by atoms with van der Waals surface area (Å²) in [6.07, 6.45) is 5.90. The molecular weight excluding hydrogens is 294 g/mol. The largest absolute Gasteiger partial charge is 0.309 e. The number of carbonyl (C=O) groups excluding carboxylic acids is 1. The average molecular weight is 313 g/mol. The zero-order chi connectivity index (χ0) is 15.1. The van der Waals surface area contributed by atoms with E-state index in [-0.39, 0.29) is 5.78 Å². The number of thioether (sulfide) groups is 1. The number of carbonyl (C=O) groups is 1. The summed E-state index contributed by atoms with van der Waals surface area (Å²) >= 11 is 1.49. The van der Waals surface area contributed by atoms with Gasteiger partial charge in [-0.15, -0.1) is 10.2 Å². The second-order valence-corrected chi connectivity index (χ2v) is 7.17. The summed E-state index contributed by atoms with van der Waals surface area (Å²) in [6, 6.07) is 6.17. The molecule has 2 aromatic rings. The van der Waals surface area contributed by atoms with Crippen molar-refractivity contribution < 1.29 is 4.79 Å². The third-order valence-corrected chi connectivity index (χ3v) is 5.58. The van der Waals surface area contributed by atoms with E-state index < -0.39 is 0 Å². The van der Waals surface area contributed by atoms with Crippen molar-refractivity contribution in [2.75, 3.05) is 5.75 Å². The van der Waals surface area contributed by atoms with E-state index in [1.54, 1.807) is 0 Å². The van der Waals surface area contributed by atoms with Gasteiger partial charge >= 0.3 is 0 Å². The Kier molecular flexibility index (Phi) is 3.53. The molecular formula is C17H19N3OS. The maximum Gasteiger partial charge on any atom is 0.191 e. The van der Waals surface area contributed by atoms with Crippen LogP contribution in [0.2, 0.25) is 0 Å². The van der Waals surface area contributed by atoms with Gasteiger partial charge in [-0.25, -0.2) is 0 Å². The van der Waals surface area contributed by atoms with E-state index in [4.69, 9.17) is 0 Å². The van der Waals surface area contributed by atoms with E-state index in [0.29, 0.717) is 11.7 Å². The Morgan fingerprint density at radius 3 is 2.91 bits per heavy atom. The van der Waals surface area contributed by atoms with Gasteiger partial charge in [0.2, 0.25) is 0 Å². The van der Waals surface area contributed by atoms with Crippen molar-refractivity contribution in [3.05, 3.63) is 40.7 Å². The lowest BCUT2D eigenvalue weighted by molar-refractivity contribution is 0.102. The van der Waals surface area contributed by atoms with Crippen LogP contribution < -0.4 is 0 Å². The lowest BCUT2D eigenvalue weighted by atomic mass is 10.0. The Balaban J connectivity index is 1.44. The first kappa shape index (κ1) is 14.0. The first-order valence-corrected chi connectivity index (χ1v) is 8.88. The number of aryl methyl sites for hydroxylation is 2. The molecule has 22 heavy (non-hydrogen) atoms. The fourth-order valence-electron chi connectivity index (χ4n) is 3.11. The molecule has 1 aromatic carbocycles. The first-order chi connectivity index (χ1) is 10.7. The van der Waals surface area contributed by atoms with E-state index in [0.717, 1.165) is 29.4 Å². The van der Waals surface area contributed by atoms with Crippen molar-refractivity contribution in [3.8, 4) is 0 Å². The van der Waals surface area contributed by atoms with Crippen LogP contribution in [0, 0.1) is 0 Å². The lowest BCUT2D eigenvalue weighted by Gasteiger charge is -2.05. The van der Waals surface area contributed by atoms with Crippen LogP contribution in [0.1, 0.15) is 52.5 Å². The lowest BCUT2D eigenvalue weighted by Crippen LogP contribution is -2.05. The number of aromatic nitrogens is 3. The average Bonchev–Trinajstić information content (AvgIpc) is 3.14. The van der Waals surface area contributed by atoms with Crippen LogP contribution in [0.4, 0.5) is 0 Å². The maximum atomic E-state index is 12.4. The normalized spacial score (nSPS) is 16.8. The fourth-order valence-corrected chi connectivity index (χ4v) is 3.92. The zero-order valence-corrected chi connectivity index (χ0v) is 13.5. The van der Waals surface area contributed by atoms with Gasteiger partial charge in [0.1, 0.15) is 5.82 Å². The molecule has 5 heteroatoms. The highest BCUT2D eigenvalue weighted by Gasteiger charge is 2.29. The molecule has 2 aliphatic carbocycles. The Labute approximate surface area is 134 Å². The number of nitrogens with zero attached hydrogens (tertiary/aromatic N) is 3. The first-order valence-electron chi connectivity index (χ1n) is 7.89. The molecule has 0 unspecified atom stereocenters. The highest BCUT2D eigenvalue weighted by atomic mass is 32.2. The summed E-state index contributed by atoms with van der Waals surface area (Å²) in [5.74, 6) is 2.25. The molecule has 0 radical (unpaired) electrons. The molecule has 4 nitrogen and oxygen atoms in total. The molecule has 0 bridgehead atoms. The maximum absolute atomic E-state index is 12.4. The summed E-state index contributed by atoms with van der Waals surface area (Å²) in [4.78, 5) is 12.4. The third kappa shape index (κ3) is 2.58. The number of hydrogen-bond acceptors (Lipinski definition) is 4. The van der Waals surface area contributed by atoms with Gasteiger partial charge in [0.15, 0.2) is 10.9 Å². The predicted molar refractivity (Wildman–Crippen MR) is 86.5 cm³/mol. The van der Waals surface area contributed by atoms with Crippen LogP contribution >= 0.6 is 11.8 Å². The van der Waals surface area contributed by atoms with Gasteiger partial charge in [0.25, 0.3) is 0 Å². The third-order valence-electron chi connectivity index (χ3n) is 4.56. The smallest absolute Gasteiger partial charge is 0.191 e. The van der Waals surface area contributed by atoms with E-state index in [1.807, 2.05) is 17.7 Å². The molecule has 1 heterocycles. The standard InChI is InChI=1S/C17H19N3OS/c1-20-16(12-6-7-12)18-19-17(20)22-10-15(21)14-8-5-11-3-2-4-13(11)9-14/h5,8-9,12H,2-4,6-7,10H2,1H3. The van der Waals surface area contributed by atoms with E-state index in [9.17, 15) is 4.79 Å². The molecule has 0 N–H and O–H groups in total. The van der Waals surface area contributed by atoms with Gasteiger partial charge in [0.05, 0.1) is 5.75 Å². The second kappa shape index (κ2) is 5.54. The van der Waals surface area contributed by atoms with Crippen LogP contribution in [0.5, 0.6) is 0 Å². The number of fused-ring (bicyclic) bond motifs is 1. The second-order valence-electron chi connectivity index (χ2n) is 6.22. The monoisotopic (exact) mass is 313 g/mol. The molecule has 0 atom stereocenters. The summed E-state index contributed by atoms with van der Waals surface area (Å²) in [5, 5.41) is 9.32. The van der Waals surface area contributed by atoms with Gasteiger partial charge in [0, 0.05) is 18.5 Å². The summed E-state index contributed by atoms with van der Waals surface area (Å²) in [6.45, 7) is 0. The molecule has 1 fully saturated rings. The Morgan fingerprint density at radius 1 is 1.27 bits per heavy atom. The number of Topliss-reactive ketones (excluding diaryl/α,β-unsaturated/α-hetero) is 1. The van der Waals surface area contributed by atoms with E-state index in [2.05, 4.69) is 22.3 Å². The van der Waals surface area contributed by atoms with Crippen molar-refractivity contribution in [2.24, 2.45) is 7.05 Å². The van der Waals surface area contributed by atoms with Crippen molar-refractivity contribution in [1.29, 1.82) is 0 Å². The number of ketones is 1. The highest BCUT2D eigenvalue weighted by Crippen LogP contribution is 2.39.